The second-order valence-electron chi connectivity index (χ2n) is 4.22. The van der Waals surface area contributed by atoms with E-state index in [-0.39, 0.29) is 5.56 Å². The minimum atomic E-state index is -5.74. The van der Waals surface area contributed by atoms with E-state index in [1.165, 1.54) is 18.2 Å². The van der Waals surface area contributed by atoms with Gasteiger partial charge >= 0.3 is 15.6 Å². The lowest BCUT2D eigenvalue weighted by Gasteiger charge is -2.11. The molecule has 1 aromatic rings. The minimum Gasteiger partial charge on any atom is -0.375 e. The maximum absolute atomic E-state index is 12.4. The molecule has 23 heavy (non-hydrogen) atoms. The zero-order chi connectivity index (χ0) is 17.7. The molecule has 0 unspecified atom stereocenters. The lowest BCUT2D eigenvalue weighted by atomic mass is 10.1. The van der Waals surface area contributed by atoms with Gasteiger partial charge in [0.2, 0.25) is 0 Å². The first-order valence-corrected chi connectivity index (χ1v) is 9.22. The third kappa shape index (κ3) is 6.20. The summed E-state index contributed by atoms with van der Waals surface area (Å²) in [5, 5.41) is 0. The topological polar surface area (TPSA) is 43.4 Å². The van der Waals surface area contributed by atoms with Crippen molar-refractivity contribution < 1.29 is 25.8 Å². The molecule has 3 nitrogen and oxygen atoms in total. The normalized spacial score (nSPS) is 11.4. The molecule has 0 bridgehead atoms. The fraction of sp³-hybridized carbons (Fsp3) is 0.286. The van der Waals surface area contributed by atoms with Gasteiger partial charge in [0, 0.05) is 17.5 Å². The standard InChI is InChI=1S/C14H11Br2F3O3S/c1-2-3-4-5-10-6-7-12(11(8-10)9-13(15)16)22-23(20,21)14(17,18)19/h6-9H,2-3H2,1H3. The highest BCUT2D eigenvalue weighted by molar-refractivity contribution is 9.28. The van der Waals surface area contributed by atoms with Crippen LogP contribution in [0, 0.1) is 11.8 Å². The van der Waals surface area contributed by atoms with E-state index < -0.39 is 21.4 Å². The van der Waals surface area contributed by atoms with E-state index in [1.54, 1.807) is 0 Å². The summed E-state index contributed by atoms with van der Waals surface area (Å²) in [4.78, 5) is 0. The van der Waals surface area contributed by atoms with Crippen molar-refractivity contribution in [3.05, 3.63) is 32.7 Å². The first-order chi connectivity index (χ1) is 10.6. The molecular formula is C14H11Br2F3O3S. The van der Waals surface area contributed by atoms with Crippen LogP contribution in [0.15, 0.2) is 21.6 Å². The molecule has 0 fully saturated rings. The fourth-order valence-electron chi connectivity index (χ4n) is 1.39. The average Bonchev–Trinajstić information content (AvgIpc) is 2.39. The molecule has 0 saturated carbocycles. The third-order valence-electron chi connectivity index (χ3n) is 2.37. The molecule has 0 radical (unpaired) electrons. The molecule has 0 N–H and O–H groups in total. The number of hydrogen-bond donors (Lipinski definition) is 0. The van der Waals surface area contributed by atoms with E-state index >= 15 is 0 Å². The van der Waals surface area contributed by atoms with Crippen LogP contribution in [0.25, 0.3) is 6.08 Å². The quantitative estimate of drug-likeness (QED) is 0.343. The van der Waals surface area contributed by atoms with Crippen LogP contribution >= 0.6 is 31.9 Å². The van der Waals surface area contributed by atoms with Gasteiger partial charge in [0.05, 0.1) is 3.39 Å². The van der Waals surface area contributed by atoms with E-state index in [0.29, 0.717) is 15.4 Å². The van der Waals surface area contributed by atoms with Crippen LogP contribution in [-0.4, -0.2) is 13.9 Å². The lowest BCUT2D eigenvalue weighted by Crippen LogP contribution is -2.28. The highest BCUT2D eigenvalue weighted by atomic mass is 79.9. The van der Waals surface area contributed by atoms with Crippen LogP contribution < -0.4 is 4.18 Å². The van der Waals surface area contributed by atoms with Crippen molar-refractivity contribution in [2.24, 2.45) is 0 Å². The van der Waals surface area contributed by atoms with Crippen LogP contribution in [0.4, 0.5) is 13.2 Å². The van der Waals surface area contributed by atoms with E-state index in [1.807, 2.05) is 6.92 Å². The van der Waals surface area contributed by atoms with Crippen LogP contribution in [-0.2, 0) is 10.1 Å². The molecule has 0 spiro atoms. The predicted molar refractivity (Wildman–Crippen MR) is 89.7 cm³/mol. The molecule has 0 saturated heterocycles. The summed E-state index contributed by atoms with van der Waals surface area (Å²) < 4.78 is 64.2. The van der Waals surface area contributed by atoms with E-state index in [0.717, 1.165) is 12.5 Å². The van der Waals surface area contributed by atoms with Crippen molar-refractivity contribution in [3.8, 4) is 17.6 Å². The third-order valence-corrected chi connectivity index (χ3v) is 3.79. The average molecular weight is 476 g/mol. The van der Waals surface area contributed by atoms with Gasteiger partial charge < -0.3 is 4.18 Å². The van der Waals surface area contributed by atoms with Crippen molar-refractivity contribution in [2.75, 3.05) is 0 Å². The molecule has 0 heterocycles. The number of benzene rings is 1. The Labute approximate surface area is 149 Å². The van der Waals surface area contributed by atoms with Gasteiger partial charge in [-0.05, 0) is 62.6 Å². The van der Waals surface area contributed by atoms with Crippen molar-refractivity contribution in [1.82, 2.24) is 0 Å². The maximum Gasteiger partial charge on any atom is 0.534 e. The van der Waals surface area contributed by atoms with Gasteiger partial charge in [0.1, 0.15) is 5.75 Å². The monoisotopic (exact) mass is 474 g/mol. The van der Waals surface area contributed by atoms with E-state index in [2.05, 4.69) is 47.9 Å². The summed E-state index contributed by atoms with van der Waals surface area (Å²) in [5.41, 5.74) is -4.84. The molecular weight excluding hydrogens is 465 g/mol. The molecule has 0 aliphatic heterocycles. The van der Waals surface area contributed by atoms with E-state index in [4.69, 9.17) is 0 Å². The molecule has 0 amide bonds. The lowest BCUT2D eigenvalue weighted by molar-refractivity contribution is -0.0500. The highest BCUT2D eigenvalue weighted by Crippen LogP contribution is 2.31. The van der Waals surface area contributed by atoms with Crippen LogP contribution in [0.2, 0.25) is 0 Å². The molecule has 1 rings (SSSR count). The Bertz CT molecular complexity index is 756. The highest BCUT2D eigenvalue weighted by Gasteiger charge is 2.48. The smallest absolute Gasteiger partial charge is 0.375 e. The Balaban J connectivity index is 3.28. The zero-order valence-electron chi connectivity index (χ0n) is 11.7. The Morgan fingerprint density at radius 3 is 2.52 bits per heavy atom. The molecule has 0 atom stereocenters. The van der Waals surface area contributed by atoms with Gasteiger partial charge in [-0.2, -0.15) is 21.6 Å². The van der Waals surface area contributed by atoms with Gasteiger partial charge in [-0.1, -0.05) is 18.8 Å². The molecule has 126 valence electrons. The van der Waals surface area contributed by atoms with Crippen LogP contribution in [0.1, 0.15) is 30.9 Å². The van der Waals surface area contributed by atoms with Gasteiger partial charge in [0.15, 0.2) is 0 Å². The van der Waals surface area contributed by atoms with Crippen molar-refractivity contribution in [1.29, 1.82) is 0 Å². The second kappa shape index (κ2) is 8.22. The first kappa shape index (κ1) is 20.1. The van der Waals surface area contributed by atoms with Gasteiger partial charge in [-0.3, -0.25) is 0 Å². The summed E-state index contributed by atoms with van der Waals surface area (Å²) in [7, 11) is -5.74. The molecule has 0 aromatic heterocycles. The van der Waals surface area contributed by atoms with Crippen LogP contribution in [0.5, 0.6) is 5.75 Å². The van der Waals surface area contributed by atoms with E-state index in [9.17, 15) is 21.6 Å². The van der Waals surface area contributed by atoms with Crippen molar-refractivity contribution >= 4 is 48.1 Å². The van der Waals surface area contributed by atoms with Gasteiger partial charge in [-0.25, -0.2) is 0 Å². The number of unbranched alkanes of at least 4 members (excludes halogenated alkanes) is 1. The Hall–Kier alpha value is -0.980. The number of halogens is 5. The van der Waals surface area contributed by atoms with Gasteiger partial charge in [-0.15, -0.1) is 0 Å². The van der Waals surface area contributed by atoms with Crippen molar-refractivity contribution in [3.63, 3.8) is 0 Å². The van der Waals surface area contributed by atoms with Gasteiger partial charge in [0.25, 0.3) is 0 Å². The SMILES string of the molecule is CCCC#Cc1ccc(OS(=O)(=O)C(F)(F)F)c(C=C(Br)Br)c1. The first-order valence-electron chi connectivity index (χ1n) is 6.23. The summed E-state index contributed by atoms with van der Waals surface area (Å²) in [6, 6.07) is 3.96. The maximum atomic E-state index is 12.4. The Morgan fingerprint density at radius 2 is 2.00 bits per heavy atom. The molecule has 9 heteroatoms. The summed E-state index contributed by atoms with van der Waals surface area (Å²) in [6.45, 7) is 1.96. The summed E-state index contributed by atoms with van der Waals surface area (Å²) in [5.74, 6) is 5.29. The number of alkyl halides is 3. The number of rotatable bonds is 4. The Morgan fingerprint density at radius 1 is 1.35 bits per heavy atom. The molecule has 1 aromatic carbocycles. The Kier molecular flexibility index (Phi) is 7.17. The summed E-state index contributed by atoms with van der Waals surface area (Å²) in [6.07, 6.45) is 2.91. The predicted octanol–water partition coefficient (Wildman–Crippen LogP) is 5.15. The molecule has 0 aliphatic rings. The summed E-state index contributed by atoms with van der Waals surface area (Å²) >= 11 is 6.13. The van der Waals surface area contributed by atoms with Crippen LogP contribution in [0.3, 0.4) is 0 Å². The molecule has 0 aliphatic carbocycles. The number of hydrogen-bond acceptors (Lipinski definition) is 3. The van der Waals surface area contributed by atoms with Crippen molar-refractivity contribution in [2.45, 2.75) is 25.3 Å². The zero-order valence-corrected chi connectivity index (χ0v) is 15.7. The fourth-order valence-corrected chi connectivity index (χ4v) is 2.36. The second-order valence-corrected chi connectivity index (χ2v) is 8.53. The minimum absolute atomic E-state index is 0.130. The largest absolute Gasteiger partial charge is 0.534 e.